The molecule has 0 saturated carbocycles. The van der Waals surface area contributed by atoms with Crippen molar-refractivity contribution in [1.82, 2.24) is 20.1 Å². The summed E-state index contributed by atoms with van der Waals surface area (Å²) in [6.45, 7) is 3.50. The molecular formula is C16H20N4O2. The number of aromatic nitrogens is 3. The first-order valence-corrected chi connectivity index (χ1v) is 7.61. The van der Waals surface area contributed by atoms with Gasteiger partial charge in [-0.3, -0.25) is 14.7 Å². The van der Waals surface area contributed by atoms with Crippen molar-refractivity contribution in [3.8, 4) is 0 Å². The minimum atomic E-state index is -0.243. The Morgan fingerprint density at radius 1 is 1.45 bits per heavy atom. The number of amides is 1. The normalized spacial score (nSPS) is 18.4. The summed E-state index contributed by atoms with van der Waals surface area (Å²) in [5, 5.41) is 7.09. The fourth-order valence-electron chi connectivity index (χ4n) is 3.03. The maximum absolute atomic E-state index is 12.5. The summed E-state index contributed by atoms with van der Waals surface area (Å²) in [4.78, 5) is 28.3. The zero-order valence-corrected chi connectivity index (χ0v) is 12.6. The van der Waals surface area contributed by atoms with Gasteiger partial charge in [-0.25, -0.2) is 0 Å². The highest BCUT2D eigenvalue weighted by atomic mass is 16.2. The molecule has 1 amide bonds. The maximum atomic E-state index is 12.5. The number of hydrogen-bond donors (Lipinski definition) is 2. The molecule has 0 aromatic carbocycles. The predicted molar refractivity (Wildman–Crippen MR) is 82.7 cm³/mol. The second-order valence-electron chi connectivity index (χ2n) is 5.92. The minimum absolute atomic E-state index is 0.0938. The Morgan fingerprint density at radius 2 is 2.32 bits per heavy atom. The molecule has 1 atom stereocenters. The quantitative estimate of drug-likeness (QED) is 0.901. The molecule has 0 aliphatic carbocycles. The number of nitrogens with zero attached hydrogens (tertiary/aromatic N) is 2. The van der Waals surface area contributed by atoms with Crippen LogP contribution in [0.1, 0.15) is 34.6 Å². The van der Waals surface area contributed by atoms with Crippen LogP contribution >= 0.6 is 0 Å². The van der Waals surface area contributed by atoms with Crippen LogP contribution in [0.3, 0.4) is 0 Å². The van der Waals surface area contributed by atoms with Crippen molar-refractivity contribution in [2.24, 2.45) is 5.92 Å². The lowest BCUT2D eigenvalue weighted by Gasteiger charge is -2.32. The van der Waals surface area contributed by atoms with Crippen LogP contribution in [0, 0.1) is 12.8 Å². The van der Waals surface area contributed by atoms with Crippen LogP contribution in [0.25, 0.3) is 0 Å². The number of carbonyl (C=O) groups is 1. The summed E-state index contributed by atoms with van der Waals surface area (Å²) in [7, 11) is 0. The number of carbonyl (C=O) groups excluding carboxylic acids is 1. The van der Waals surface area contributed by atoms with Crippen molar-refractivity contribution in [2.75, 3.05) is 13.1 Å². The first-order chi connectivity index (χ1) is 10.6. The maximum Gasteiger partial charge on any atom is 0.270 e. The predicted octanol–water partition coefficient (Wildman–Crippen LogP) is 1.50. The highest BCUT2D eigenvalue weighted by molar-refractivity contribution is 5.92. The van der Waals surface area contributed by atoms with Gasteiger partial charge in [0.15, 0.2) is 0 Å². The number of aromatic amines is 2. The van der Waals surface area contributed by atoms with Gasteiger partial charge in [-0.2, -0.15) is 5.10 Å². The van der Waals surface area contributed by atoms with E-state index in [2.05, 4.69) is 15.2 Å². The number of piperidine rings is 1. The Bertz CT molecular complexity index is 719. The molecule has 2 aromatic heterocycles. The second kappa shape index (κ2) is 6.17. The average molecular weight is 300 g/mol. The first-order valence-electron chi connectivity index (χ1n) is 7.61. The molecule has 1 fully saturated rings. The molecule has 116 valence electrons. The van der Waals surface area contributed by atoms with Gasteiger partial charge >= 0.3 is 0 Å². The standard InChI is InChI=1S/C16H20N4O2/c1-11-9-17-19-14(11)8-12-4-3-7-20(10-12)16(22)13-5-2-6-15(21)18-13/h2,5-6,9,12H,3-4,7-8,10H2,1H3,(H,17,19)(H,18,21)/t12-/m0/s1. The molecule has 3 rings (SSSR count). The summed E-state index contributed by atoms with van der Waals surface area (Å²) in [5.41, 5.74) is 2.43. The van der Waals surface area contributed by atoms with Crippen LogP contribution < -0.4 is 5.56 Å². The van der Waals surface area contributed by atoms with Crippen LogP contribution in [0.15, 0.2) is 29.2 Å². The van der Waals surface area contributed by atoms with Crippen LogP contribution in [-0.4, -0.2) is 39.1 Å². The van der Waals surface area contributed by atoms with Gasteiger partial charge < -0.3 is 9.88 Å². The van der Waals surface area contributed by atoms with E-state index in [1.165, 1.54) is 6.07 Å². The lowest BCUT2D eigenvalue weighted by Crippen LogP contribution is -2.41. The van der Waals surface area contributed by atoms with Gasteiger partial charge in [0.25, 0.3) is 5.91 Å². The average Bonchev–Trinajstić information content (AvgIpc) is 2.92. The summed E-state index contributed by atoms with van der Waals surface area (Å²) in [6, 6.07) is 4.69. The fraction of sp³-hybridized carbons (Fsp3) is 0.438. The lowest BCUT2D eigenvalue weighted by molar-refractivity contribution is 0.0666. The zero-order chi connectivity index (χ0) is 15.5. The van der Waals surface area contributed by atoms with Crippen molar-refractivity contribution in [3.63, 3.8) is 0 Å². The summed E-state index contributed by atoms with van der Waals surface area (Å²) >= 11 is 0. The molecule has 6 nitrogen and oxygen atoms in total. The molecule has 1 aliphatic rings. The molecule has 0 spiro atoms. The molecule has 1 aliphatic heterocycles. The van der Waals surface area contributed by atoms with E-state index in [-0.39, 0.29) is 11.5 Å². The Morgan fingerprint density at radius 3 is 3.05 bits per heavy atom. The van der Waals surface area contributed by atoms with E-state index in [4.69, 9.17) is 0 Å². The third kappa shape index (κ3) is 3.10. The van der Waals surface area contributed by atoms with E-state index in [0.717, 1.165) is 37.1 Å². The highest BCUT2D eigenvalue weighted by Gasteiger charge is 2.25. The van der Waals surface area contributed by atoms with Crippen LogP contribution in [0.5, 0.6) is 0 Å². The molecule has 22 heavy (non-hydrogen) atoms. The monoisotopic (exact) mass is 300 g/mol. The summed E-state index contributed by atoms with van der Waals surface area (Å²) in [5.74, 6) is 0.330. The molecular weight excluding hydrogens is 280 g/mol. The van der Waals surface area contributed by atoms with Crippen molar-refractivity contribution < 1.29 is 4.79 Å². The number of aryl methyl sites for hydroxylation is 1. The minimum Gasteiger partial charge on any atom is -0.337 e. The number of likely N-dealkylation sites (tertiary alicyclic amines) is 1. The Kier molecular flexibility index (Phi) is 4.09. The molecule has 0 bridgehead atoms. The lowest BCUT2D eigenvalue weighted by atomic mass is 9.92. The van der Waals surface area contributed by atoms with Gasteiger partial charge in [0.05, 0.1) is 6.20 Å². The van der Waals surface area contributed by atoms with Gasteiger partial charge in [0, 0.05) is 24.8 Å². The molecule has 6 heteroatoms. The SMILES string of the molecule is Cc1cn[nH]c1C[C@@H]1CCCN(C(=O)c2cccc(=O)[nH]2)C1. The largest absolute Gasteiger partial charge is 0.337 e. The van der Waals surface area contributed by atoms with E-state index in [0.29, 0.717) is 18.2 Å². The van der Waals surface area contributed by atoms with E-state index in [9.17, 15) is 9.59 Å². The third-order valence-corrected chi connectivity index (χ3v) is 4.23. The molecule has 3 heterocycles. The van der Waals surface area contributed by atoms with Crippen molar-refractivity contribution in [3.05, 3.63) is 51.7 Å². The number of pyridine rings is 1. The smallest absolute Gasteiger partial charge is 0.270 e. The van der Waals surface area contributed by atoms with Crippen LogP contribution in [0.4, 0.5) is 0 Å². The number of rotatable bonds is 3. The van der Waals surface area contributed by atoms with Gasteiger partial charge in [-0.15, -0.1) is 0 Å². The Labute approximate surface area is 128 Å². The molecule has 0 radical (unpaired) electrons. The van der Waals surface area contributed by atoms with Gasteiger partial charge in [0.2, 0.25) is 5.56 Å². The third-order valence-electron chi connectivity index (χ3n) is 4.23. The number of H-pyrrole nitrogens is 2. The zero-order valence-electron chi connectivity index (χ0n) is 12.6. The second-order valence-corrected chi connectivity index (χ2v) is 5.92. The van der Waals surface area contributed by atoms with Crippen molar-refractivity contribution in [2.45, 2.75) is 26.2 Å². The Balaban J connectivity index is 1.69. The van der Waals surface area contributed by atoms with E-state index >= 15 is 0 Å². The van der Waals surface area contributed by atoms with E-state index < -0.39 is 0 Å². The molecule has 2 N–H and O–H groups in total. The summed E-state index contributed by atoms with van der Waals surface area (Å²) in [6.07, 6.45) is 4.82. The number of nitrogens with one attached hydrogen (secondary N) is 2. The van der Waals surface area contributed by atoms with Crippen LogP contribution in [0.2, 0.25) is 0 Å². The Hall–Kier alpha value is -2.37. The molecule has 1 saturated heterocycles. The summed E-state index contributed by atoms with van der Waals surface area (Å²) < 4.78 is 0. The van der Waals surface area contributed by atoms with Crippen LogP contribution in [-0.2, 0) is 6.42 Å². The van der Waals surface area contributed by atoms with Gasteiger partial charge in [-0.1, -0.05) is 6.07 Å². The fourth-order valence-corrected chi connectivity index (χ4v) is 3.03. The van der Waals surface area contributed by atoms with Crippen molar-refractivity contribution >= 4 is 5.91 Å². The van der Waals surface area contributed by atoms with E-state index in [1.54, 1.807) is 12.1 Å². The molecule has 2 aromatic rings. The van der Waals surface area contributed by atoms with Crippen molar-refractivity contribution in [1.29, 1.82) is 0 Å². The highest BCUT2D eigenvalue weighted by Crippen LogP contribution is 2.22. The topological polar surface area (TPSA) is 81.8 Å². The van der Waals surface area contributed by atoms with Gasteiger partial charge in [0.1, 0.15) is 5.69 Å². The van der Waals surface area contributed by atoms with E-state index in [1.807, 2.05) is 18.0 Å². The number of hydrogen-bond acceptors (Lipinski definition) is 3. The van der Waals surface area contributed by atoms with Gasteiger partial charge in [-0.05, 0) is 43.7 Å². The molecule has 0 unspecified atom stereocenters. The first kappa shape index (κ1) is 14.6.